The van der Waals surface area contributed by atoms with Crippen molar-refractivity contribution in [1.29, 1.82) is 5.26 Å². The molecule has 0 saturated heterocycles. The number of phenols is 1. The van der Waals surface area contributed by atoms with Crippen molar-refractivity contribution in [2.75, 3.05) is 0 Å². The number of nitrogens with two attached hydrogens (primary N) is 1. The van der Waals surface area contributed by atoms with Crippen LogP contribution in [0.5, 0.6) is 5.75 Å². The van der Waals surface area contributed by atoms with Gasteiger partial charge >= 0.3 is 0 Å². The summed E-state index contributed by atoms with van der Waals surface area (Å²) in [4.78, 5) is 0. The summed E-state index contributed by atoms with van der Waals surface area (Å²) in [5.41, 5.74) is 7.08. The van der Waals surface area contributed by atoms with Crippen molar-refractivity contribution < 1.29 is 5.11 Å². The average Bonchev–Trinajstić information content (AvgIpc) is 2.15. The number of rotatable bonds is 2. The minimum atomic E-state index is -0.184. The van der Waals surface area contributed by atoms with E-state index in [9.17, 15) is 5.11 Å². The lowest BCUT2D eigenvalue weighted by atomic mass is 9.77. The summed E-state index contributed by atoms with van der Waals surface area (Å²) in [7, 11) is 0. The molecule has 1 fully saturated rings. The van der Waals surface area contributed by atoms with Crippen molar-refractivity contribution in [3.8, 4) is 11.8 Å². The zero-order valence-electron chi connectivity index (χ0n) is 9.19. The number of nitriles is 1. The third-order valence-electron chi connectivity index (χ3n) is 3.28. The summed E-state index contributed by atoms with van der Waals surface area (Å²) >= 11 is 3.38. The standard InChI is InChI=1S/C12H13BrN2O.ClH/c13-9-5-4-8(6-14)12(16)10(9)11(15)7-2-1-3-7;/h4-5,7,11,16H,1-3,15H2;1H/t11-;/m1./s1. The number of benzene rings is 1. The molecule has 1 atom stereocenters. The predicted molar refractivity (Wildman–Crippen MR) is 72.0 cm³/mol. The highest BCUT2D eigenvalue weighted by Crippen LogP contribution is 2.42. The molecule has 1 aromatic carbocycles. The van der Waals surface area contributed by atoms with Crippen molar-refractivity contribution in [3.05, 3.63) is 27.7 Å². The van der Waals surface area contributed by atoms with E-state index in [1.807, 2.05) is 6.07 Å². The van der Waals surface area contributed by atoms with Gasteiger partial charge in [0.1, 0.15) is 11.8 Å². The first-order chi connectivity index (χ1) is 7.65. The van der Waals surface area contributed by atoms with E-state index < -0.39 is 0 Å². The van der Waals surface area contributed by atoms with Crippen molar-refractivity contribution >= 4 is 28.3 Å². The first-order valence-corrected chi connectivity index (χ1v) is 6.11. The molecule has 3 N–H and O–H groups in total. The second-order valence-electron chi connectivity index (χ2n) is 4.19. The third kappa shape index (κ3) is 2.57. The van der Waals surface area contributed by atoms with Gasteiger partial charge in [0, 0.05) is 16.1 Å². The lowest BCUT2D eigenvalue weighted by Crippen LogP contribution is -2.27. The molecule has 0 unspecified atom stereocenters. The van der Waals surface area contributed by atoms with Crippen molar-refractivity contribution in [2.45, 2.75) is 25.3 Å². The van der Waals surface area contributed by atoms with Gasteiger partial charge in [-0.3, -0.25) is 0 Å². The maximum absolute atomic E-state index is 9.98. The van der Waals surface area contributed by atoms with Crippen LogP contribution < -0.4 is 5.73 Å². The largest absolute Gasteiger partial charge is 0.506 e. The van der Waals surface area contributed by atoms with Crippen molar-refractivity contribution in [3.63, 3.8) is 0 Å². The molecule has 3 nitrogen and oxygen atoms in total. The van der Waals surface area contributed by atoms with Crippen LogP contribution in [0.3, 0.4) is 0 Å². The second kappa shape index (κ2) is 5.72. The number of aromatic hydroxyl groups is 1. The first-order valence-electron chi connectivity index (χ1n) is 5.32. The Morgan fingerprint density at radius 3 is 2.59 bits per heavy atom. The average molecular weight is 318 g/mol. The summed E-state index contributed by atoms with van der Waals surface area (Å²) in [5, 5.41) is 18.8. The summed E-state index contributed by atoms with van der Waals surface area (Å²) in [6, 6.07) is 5.15. The van der Waals surface area contributed by atoms with E-state index >= 15 is 0 Å². The van der Waals surface area contributed by atoms with Crippen LogP contribution in [0.2, 0.25) is 0 Å². The molecule has 5 heteroatoms. The smallest absolute Gasteiger partial charge is 0.139 e. The molecule has 0 heterocycles. The van der Waals surface area contributed by atoms with Gasteiger partial charge in [0.2, 0.25) is 0 Å². The molecule has 0 aliphatic heterocycles. The van der Waals surface area contributed by atoms with Crippen LogP contribution >= 0.6 is 28.3 Å². The Hall–Kier alpha value is -0.760. The maximum Gasteiger partial charge on any atom is 0.139 e. The highest BCUT2D eigenvalue weighted by Gasteiger charge is 2.29. The molecular weight excluding hydrogens is 304 g/mol. The molecule has 2 rings (SSSR count). The number of hydrogen-bond acceptors (Lipinski definition) is 3. The topological polar surface area (TPSA) is 70.0 Å². The molecule has 0 bridgehead atoms. The monoisotopic (exact) mass is 316 g/mol. The number of hydrogen-bond donors (Lipinski definition) is 2. The Bertz CT molecular complexity index is 455. The van der Waals surface area contributed by atoms with Crippen LogP contribution in [0, 0.1) is 17.2 Å². The maximum atomic E-state index is 9.98. The quantitative estimate of drug-likeness (QED) is 0.879. The Morgan fingerprint density at radius 1 is 1.47 bits per heavy atom. The van der Waals surface area contributed by atoms with Gasteiger partial charge < -0.3 is 10.8 Å². The zero-order chi connectivity index (χ0) is 11.7. The Kier molecular flexibility index (Phi) is 4.81. The van der Waals surface area contributed by atoms with Crippen LogP contribution in [0.15, 0.2) is 16.6 Å². The minimum Gasteiger partial charge on any atom is -0.506 e. The van der Waals surface area contributed by atoms with E-state index in [1.165, 1.54) is 6.42 Å². The molecule has 1 aromatic rings. The summed E-state index contributed by atoms with van der Waals surface area (Å²) in [6.45, 7) is 0. The first kappa shape index (κ1) is 14.3. The lowest BCUT2D eigenvalue weighted by molar-refractivity contribution is 0.260. The number of halogens is 2. The van der Waals surface area contributed by atoms with Crippen LogP contribution in [0.25, 0.3) is 0 Å². The lowest BCUT2D eigenvalue weighted by Gasteiger charge is -2.32. The van der Waals surface area contributed by atoms with E-state index in [0.717, 1.165) is 17.3 Å². The van der Waals surface area contributed by atoms with E-state index in [1.54, 1.807) is 12.1 Å². The molecule has 92 valence electrons. The van der Waals surface area contributed by atoms with Crippen LogP contribution in [0.1, 0.15) is 36.4 Å². The molecule has 1 aliphatic carbocycles. The zero-order valence-corrected chi connectivity index (χ0v) is 11.6. The third-order valence-corrected chi connectivity index (χ3v) is 3.97. The summed E-state index contributed by atoms with van der Waals surface area (Å²) in [5.74, 6) is 0.451. The van der Waals surface area contributed by atoms with Gasteiger partial charge in [0.25, 0.3) is 0 Å². The fraction of sp³-hybridized carbons (Fsp3) is 0.417. The van der Waals surface area contributed by atoms with E-state index in [4.69, 9.17) is 11.0 Å². The number of nitrogens with zero attached hydrogens (tertiary/aromatic N) is 1. The van der Waals surface area contributed by atoms with Gasteiger partial charge in [0.15, 0.2) is 0 Å². The summed E-state index contributed by atoms with van der Waals surface area (Å²) in [6.07, 6.45) is 3.41. The number of phenolic OH excluding ortho intramolecular Hbond substituents is 1. The Labute approximate surface area is 115 Å². The molecule has 17 heavy (non-hydrogen) atoms. The highest BCUT2D eigenvalue weighted by atomic mass is 79.9. The SMILES string of the molecule is Cl.N#Cc1ccc(Br)c([C@H](N)C2CCC2)c1O. The van der Waals surface area contributed by atoms with Gasteiger partial charge in [-0.1, -0.05) is 22.4 Å². The van der Waals surface area contributed by atoms with Crippen LogP contribution in [-0.4, -0.2) is 5.11 Å². The van der Waals surface area contributed by atoms with Crippen molar-refractivity contribution in [1.82, 2.24) is 0 Å². The van der Waals surface area contributed by atoms with Gasteiger partial charge in [-0.05, 0) is 30.9 Å². The minimum absolute atomic E-state index is 0. The van der Waals surface area contributed by atoms with Gasteiger partial charge in [-0.25, -0.2) is 0 Å². The molecular formula is C12H14BrClN2O. The summed E-state index contributed by atoms with van der Waals surface area (Å²) < 4.78 is 0.781. The van der Waals surface area contributed by atoms with Crippen LogP contribution in [0.4, 0.5) is 0 Å². The van der Waals surface area contributed by atoms with Gasteiger partial charge in [-0.2, -0.15) is 5.26 Å². The molecule has 0 spiro atoms. The normalized spacial score (nSPS) is 16.5. The fourth-order valence-corrected chi connectivity index (χ4v) is 2.61. The van der Waals surface area contributed by atoms with E-state index in [0.29, 0.717) is 11.5 Å². The molecule has 0 aromatic heterocycles. The Morgan fingerprint density at radius 2 is 2.12 bits per heavy atom. The van der Waals surface area contributed by atoms with Crippen molar-refractivity contribution in [2.24, 2.45) is 11.7 Å². The van der Waals surface area contributed by atoms with E-state index in [2.05, 4.69) is 15.9 Å². The highest BCUT2D eigenvalue weighted by molar-refractivity contribution is 9.10. The predicted octanol–water partition coefficient (Wildman–Crippen LogP) is 3.25. The molecule has 1 aliphatic rings. The second-order valence-corrected chi connectivity index (χ2v) is 5.04. The van der Waals surface area contributed by atoms with Crippen LogP contribution in [-0.2, 0) is 0 Å². The molecule has 0 amide bonds. The fourth-order valence-electron chi connectivity index (χ4n) is 2.03. The Balaban J connectivity index is 0.00000144. The molecule has 1 saturated carbocycles. The van der Waals surface area contributed by atoms with Gasteiger partial charge in [-0.15, -0.1) is 12.4 Å². The van der Waals surface area contributed by atoms with E-state index in [-0.39, 0.29) is 29.8 Å². The molecule has 0 radical (unpaired) electrons. The van der Waals surface area contributed by atoms with Gasteiger partial charge in [0.05, 0.1) is 5.56 Å².